The molecule has 0 spiro atoms. The molecule has 0 atom stereocenters. The maximum absolute atomic E-state index is 13.6. The van der Waals surface area contributed by atoms with Gasteiger partial charge in [0, 0.05) is 11.9 Å². The summed E-state index contributed by atoms with van der Waals surface area (Å²) in [4.78, 5) is 12.1. The zero-order chi connectivity index (χ0) is 32.1. The summed E-state index contributed by atoms with van der Waals surface area (Å²) in [5.41, 5.74) is 4.62. The summed E-state index contributed by atoms with van der Waals surface area (Å²) in [6.45, 7) is 4.57. The zero-order valence-corrected chi connectivity index (χ0v) is 27.3. The van der Waals surface area contributed by atoms with Gasteiger partial charge in [-0.15, -0.1) is 0 Å². The molecule has 45 heavy (non-hydrogen) atoms. The molecule has 0 aliphatic rings. The molecule has 0 unspecified atom stereocenters. The Hall–Kier alpha value is -4.36. The van der Waals surface area contributed by atoms with E-state index in [9.17, 15) is 18.3 Å². The number of anilines is 1. The van der Waals surface area contributed by atoms with E-state index < -0.39 is 16.2 Å². The van der Waals surface area contributed by atoms with Crippen molar-refractivity contribution in [1.29, 1.82) is 0 Å². The van der Waals surface area contributed by atoms with Crippen LogP contribution in [0.15, 0.2) is 54.6 Å². The van der Waals surface area contributed by atoms with Crippen molar-refractivity contribution < 1.29 is 32.5 Å². The van der Waals surface area contributed by atoms with Gasteiger partial charge in [-0.05, 0) is 66.4 Å². The first kappa shape index (κ1) is 32.0. The monoisotopic (exact) mass is 652 g/mol. The maximum atomic E-state index is 13.6. The van der Waals surface area contributed by atoms with E-state index in [0.29, 0.717) is 58.6 Å². The van der Waals surface area contributed by atoms with Crippen LogP contribution in [0, 0.1) is 0 Å². The molecule has 0 bridgehead atoms. The summed E-state index contributed by atoms with van der Waals surface area (Å²) in [7, 11) is -0.552. The number of ether oxygens (including phenoxy) is 3. The Morgan fingerprint density at radius 3 is 2.40 bits per heavy atom. The van der Waals surface area contributed by atoms with Crippen molar-refractivity contribution in [3.63, 3.8) is 0 Å². The number of sulfonamides is 1. The number of methoxy groups -OCH3 is 2. The lowest BCUT2D eigenvalue weighted by atomic mass is 10.0. The van der Waals surface area contributed by atoms with Crippen LogP contribution in [0.1, 0.15) is 45.1 Å². The molecule has 0 saturated heterocycles. The lowest BCUT2D eigenvalue weighted by molar-refractivity contribution is 0.141. The molecule has 238 valence electrons. The molecule has 0 aliphatic carbocycles. The second-order valence-corrected chi connectivity index (χ2v) is 13.1. The second kappa shape index (κ2) is 13.7. The maximum Gasteiger partial charge on any atom is 0.512 e. The molecule has 0 fully saturated rings. The van der Waals surface area contributed by atoms with Crippen LogP contribution in [0.2, 0.25) is 0 Å². The van der Waals surface area contributed by atoms with Crippen molar-refractivity contribution in [2.24, 2.45) is 0 Å². The number of aromatic nitrogens is 3. The minimum absolute atomic E-state index is 0.0378. The standard InChI is InChI=1S/C32H36N4O7S2/c1-5-7-15-36(45(39,40)16-8-6-2)23-11-13-27-24(19-23)30(22-10-14-28(41-3)29(18-22)42-4)31(43-32(37)38)35(27)20-21-9-12-25-26(17-21)34-44-33-25/h9-14,17-19H,5-8,15-16,20H2,1-4H3,(H,37,38). The minimum Gasteiger partial charge on any atom is -0.493 e. The molecule has 0 aliphatic heterocycles. The van der Waals surface area contributed by atoms with Gasteiger partial charge in [-0.1, -0.05) is 38.8 Å². The fourth-order valence-electron chi connectivity index (χ4n) is 5.37. The Balaban J connectivity index is 1.78. The first-order valence-corrected chi connectivity index (χ1v) is 17.1. The summed E-state index contributed by atoms with van der Waals surface area (Å²) < 4.78 is 55.5. The number of fused-ring (bicyclic) bond motifs is 2. The van der Waals surface area contributed by atoms with Crippen LogP contribution in [-0.2, 0) is 16.6 Å². The molecule has 5 aromatic rings. The molecule has 13 heteroatoms. The van der Waals surface area contributed by atoms with Gasteiger partial charge in [-0.2, -0.15) is 8.75 Å². The van der Waals surface area contributed by atoms with Crippen LogP contribution >= 0.6 is 11.7 Å². The van der Waals surface area contributed by atoms with Crippen LogP contribution in [0.25, 0.3) is 33.1 Å². The second-order valence-electron chi connectivity index (χ2n) is 10.6. The van der Waals surface area contributed by atoms with Gasteiger partial charge in [0.05, 0.1) is 55.0 Å². The van der Waals surface area contributed by atoms with Crippen molar-refractivity contribution in [3.05, 3.63) is 60.2 Å². The molecular weight excluding hydrogens is 617 g/mol. The van der Waals surface area contributed by atoms with Crippen molar-refractivity contribution >= 4 is 55.5 Å². The average molecular weight is 653 g/mol. The van der Waals surface area contributed by atoms with Gasteiger partial charge < -0.3 is 23.9 Å². The predicted octanol–water partition coefficient (Wildman–Crippen LogP) is 7.17. The Bertz CT molecular complexity index is 1930. The van der Waals surface area contributed by atoms with Gasteiger partial charge in [0.2, 0.25) is 15.9 Å². The Labute approximate surface area is 266 Å². The fourth-order valence-corrected chi connectivity index (χ4v) is 7.60. The molecule has 1 N–H and O–H groups in total. The molecule has 11 nitrogen and oxygen atoms in total. The van der Waals surface area contributed by atoms with Crippen LogP contribution in [0.3, 0.4) is 0 Å². The molecule has 2 aromatic heterocycles. The summed E-state index contributed by atoms with van der Waals surface area (Å²) in [5, 5.41) is 10.5. The molecule has 0 amide bonds. The van der Waals surface area contributed by atoms with Crippen molar-refractivity contribution in [3.8, 4) is 28.5 Å². The summed E-state index contributed by atoms with van der Waals surface area (Å²) in [6, 6.07) is 16.4. The third-order valence-corrected chi connectivity index (χ3v) is 10.0. The summed E-state index contributed by atoms with van der Waals surface area (Å²) in [6.07, 6.45) is 1.34. The summed E-state index contributed by atoms with van der Waals surface area (Å²) >= 11 is 1.12. The van der Waals surface area contributed by atoms with E-state index in [0.717, 1.165) is 41.2 Å². The van der Waals surface area contributed by atoms with Crippen LogP contribution in [0.4, 0.5) is 10.5 Å². The molecule has 2 heterocycles. The van der Waals surface area contributed by atoms with E-state index in [1.54, 1.807) is 34.9 Å². The Kier molecular flexibility index (Phi) is 9.78. The topological polar surface area (TPSA) is 133 Å². The van der Waals surface area contributed by atoms with Gasteiger partial charge in [-0.25, -0.2) is 13.2 Å². The molecule has 0 radical (unpaired) electrons. The molecule has 0 saturated carbocycles. The van der Waals surface area contributed by atoms with E-state index >= 15 is 0 Å². The van der Waals surface area contributed by atoms with Gasteiger partial charge in [0.1, 0.15) is 11.0 Å². The van der Waals surface area contributed by atoms with E-state index in [1.165, 1.54) is 18.5 Å². The van der Waals surface area contributed by atoms with Crippen LogP contribution in [0.5, 0.6) is 17.4 Å². The van der Waals surface area contributed by atoms with Gasteiger partial charge in [0.25, 0.3) is 0 Å². The van der Waals surface area contributed by atoms with E-state index in [2.05, 4.69) is 8.75 Å². The number of nitrogens with zero attached hydrogens (tertiary/aromatic N) is 4. The zero-order valence-electron chi connectivity index (χ0n) is 25.6. The number of benzene rings is 3. The van der Waals surface area contributed by atoms with E-state index in [1.807, 2.05) is 38.1 Å². The van der Waals surface area contributed by atoms with Crippen LogP contribution in [-0.4, -0.2) is 59.5 Å². The highest BCUT2D eigenvalue weighted by Gasteiger charge is 2.27. The quantitative estimate of drug-likeness (QED) is 0.124. The van der Waals surface area contributed by atoms with E-state index in [4.69, 9.17) is 14.2 Å². The highest BCUT2D eigenvalue weighted by molar-refractivity contribution is 7.92. The SMILES string of the molecule is CCCCN(c1ccc2c(c1)c(-c1ccc(OC)c(OC)c1)c(OC(=O)O)n2Cc1ccc2nsnc2c1)S(=O)(=O)CCCC. The van der Waals surface area contributed by atoms with Gasteiger partial charge in [-0.3, -0.25) is 4.31 Å². The number of hydrogen-bond acceptors (Lipinski definition) is 9. The van der Waals surface area contributed by atoms with Gasteiger partial charge >= 0.3 is 6.16 Å². The normalized spacial score (nSPS) is 11.6. The van der Waals surface area contributed by atoms with Gasteiger partial charge in [0.15, 0.2) is 11.5 Å². The first-order valence-electron chi connectivity index (χ1n) is 14.7. The minimum atomic E-state index is -3.61. The number of hydrogen-bond donors (Lipinski definition) is 1. The third-order valence-electron chi connectivity index (χ3n) is 7.61. The number of unbranched alkanes of at least 4 members (excludes halogenated alkanes) is 2. The smallest absolute Gasteiger partial charge is 0.493 e. The molecule has 5 rings (SSSR count). The molecule has 3 aromatic carbocycles. The Morgan fingerprint density at radius 1 is 0.933 bits per heavy atom. The fraction of sp³-hybridized carbons (Fsp3) is 0.344. The number of carboxylic acid groups (broad SMARTS) is 1. The molecular formula is C32H36N4O7S2. The number of rotatable bonds is 14. The van der Waals surface area contributed by atoms with Crippen molar-refractivity contribution in [2.75, 3.05) is 30.8 Å². The predicted molar refractivity (Wildman–Crippen MR) is 177 cm³/mol. The van der Waals surface area contributed by atoms with Crippen LogP contribution < -0.4 is 18.5 Å². The largest absolute Gasteiger partial charge is 0.512 e. The lowest BCUT2D eigenvalue weighted by Crippen LogP contribution is -2.34. The Morgan fingerprint density at radius 2 is 1.69 bits per heavy atom. The third kappa shape index (κ3) is 6.69. The average Bonchev–Trinajstić information content (AvgIpc) is 3.61. The highest BCUT2D eigenvalue weighted by Crippen LogP contribution is 2.45. The highest BCUT2D eigenvalue weighted by atomic mass is 32.2. The van der Waals surface area contributed by atoms with E-state index in [-0.39, 0.29) is 18.2 Å². The lowest BCUT2D eigenvalue weighted by Gasteiger charge is -2.24. The van der Waals surface area contributed by atoms with Crippen molar-refractivity contribution in [2.45, 2.75) is 46.1 Å². The first-order chi connectivity index (χ1) is 21.7. The summed E-state index contributed by atoms with van der Waals surface area (Å²) in [5.74, 6) is 1.08. The van der Waals surface area contributed by atoms with Crippen molar-refractivity contribution in [1.82, 2.24) is 13.3 Å². The number of carbonyl (C=O) groups is 1.